The van der Waals surface area contributed by atoms with E-state index in [0.29, 0.717) is 22.0 Å². The van der Waals surface area contributed by atoms with Gasteiger partial charge in [-0.05, 0) is 29.8 Å². The third-order valence-electron chi connectivity index (χ3n) is 4.19. The summed E-state index contributed by atoms with van der Waals surface area (Å²) >= 11 is 0. The number of primary amides is 1. The van der Waals surface area contributed by atoms with Crippen molar-refractivity contribution in [3.8, 4) is 16.9 Å². The molecule has 3 N–H and O–H groups in total. The van der Waals surface area contributed by atoms with Crippen molar-refractivity contribution in [2.24, 2.45) is 5.73 Å². The molecular weight excluding hydrogens is 427 g/mol. The lowest BCUT2D eigenvalue weighted by molar-refractivity contribution is 0.0996. The zero-order valence-electron chi connectivity index (χ0n) is 16.7. The van der Waals surface area contributed by atoms with Crippen LogP contribution in [0.3, 0.4) is 0 Å². The number of hydrogen-bond acceptors (Lipinski definition) is 7. The maximum Gasteiger partial charge on any atom is 0.267 e. The summed E-state index contributed by atoms with van der Waals surface area (Å²) in [5, 5.41) is 0.686. The summed E-state index contributed by atoms with van der Waals surface area (Å²) in [5.41, 5.74) is 6.96. The van der Waals surface area contributed by atoms with Crippen LogP contribution in [-0.4, -0.2) is 56.9 Å². The minimum absolute atomic E-state index is 0.0422. The van der Waals surface area contributed by atoms with E-state index >= 15 is 0 Å². The number of aromatic nitrogens is 2. The Hall–Kier alpha value is -3.15. The number of amides is 1. The number of pyridine rings is 2. The van der Waals surface area contributed by atoms with Gasteiger partial charge in [-0.25, -0.2) is 22.5 Å². The van der Waals surface area contributed by atoms with Crippen molar-refractivity contribution < 1.29 is 27.1 Å². The van der Waals surface area contributed by atoms with Gasteiger partial charge in [-0.15, -0.1) is 0 Å². The third-order valence-corrected chi connectivity index (χ3v) is 4.92. The van der Waals surface area contributed by atoms with Crippen LogP contribution in [0.15, 0.2) is 42.7 Å². The van der Waals surface area contributed by atoms with E-state index in [0.717, 1.165) is 6.26 Å². The zero-order valence-corrected chi connectivity index (χ0v) is 17.5. The fourth-order valence-corrected chi connectivity index (χ4v) is 3.24. The monoisotopic (exact) mass is 448 g/mol. The molecule has 3 rings (SSSR count). The molecule has 0 saturated heterocycles. The van der Waals surface area contributed by atoms with Gasteiger partial charge >= 0.3 is 0 Å². The first-order chi connectivity index (χ1) is 14.7. The number of sulfonamides is 1. The van der Waals surface area contributed by atoms with Crippen LogP contribution < -0.4 is 15.2 Å². The molecular formula is C20H21FN4O5S. The second-order valence-corrected chi connectivity index (χ2v) is 8.43. The molecule has 0 bridgehead atoms. The van der Waals surface area contributed by atoms with Crippen LogP contribution in [0.4, 0.5) is 4.39 Å². The highest BCUT2D eigenvalue weighted by molar-refractivity contribution is 7.88. The van der Waals surface area contributed by atoms with Crippen molar-refractivity contribution in [3.05, 3.63) is 54.2 Å². The Kier molecular flexibility index (Phi) is 7.10. The molecule has 164 valence electrons. The molecule has 31 heavy (non-hydrogen) atoms. The van der Waals surface area contributed by atoms with E-state index in [9.17, 15) is 17.6 Å². The van der Waals surface area contributed by atoms with Gasteiger partial charge in [0.1, 0.15) is 12.3 Å². The number of carbonyl (C=O) groups excluding carboxylic acids is 1. The molecule has 2 aromatic heterocycles. The van der Waals surface area contributed by atoms with Crippen LogP contribution in [0, 0.1) is 5.82 Å². The van der Waals surface area contributed by atoms with Crippen molar-refractivity contribution >= 4 is 26.8 Å². The quantitative estimate of drug-likeness (QED) is 0.449. The molecule has 0 atom stereocenters. The molecule has 0 spiro atoms. The van der Waals surface area contributed by atoms with Gasteiger partial charge in [0.05, 0.1) is 25.0 Å². The van der Waals surface area contributed by atoms with Crippen molar-refractivity contribution in [2.45, 2.75) is 0 Å². The number of halogens is 1. The summed E-state index contributed by atoms with van der Waals surface area (Å²) in [6, 6.07) is 7.61. The summed E-state index contributed by atoms with van der Waals surface area (Å²) in [7, 11) is -3.26. The minimum atomic E-state index is -3.26. The zero-order chi connectivity index (χ0) is 22.4. The van der Waals surface area contributed by atoms with Gasteiger partial charge in [0.15, 0.2) is 11.6 Å². The first kappa shape index (κ1) is 22.5. The number of nitrogens with zero attached hydrogens (tertiary/aromatic N) is 2. The van der Waals surface area contributed by atoms with Gasteiger partial charge in [0.2, 0.25) is 10.0 Å². The normalized spacial score (nSPS) is 11.5. The molecule has 0 radical (unpaired) electrons. The molecule has 2 heterocycles. The van der Waals surface area contributed by atoms with Crippen molar-refractivity contribution in [1.82, 2.24) is 14.7 Å². The number of benzene rings is 1. The largest absolute Gasteiger partial charge is 0.488 e. The topological polar surface area (TPSA) is 134 Å². The van der Waals surface area contributed by atoms with Crippen LogP contribution in [0.1, 0.15) is 10.5 Å². The highest BCUT2D eigenvalue weighted by Gasteiger charge is 2.12. The third kappa shape index (κ3) is 6.17. The molecule has 0 aliphatic carbocycles. The first-order valence-corrected chi connectivity index (χ1v) is 11.1. The van der Waals surface area contributed by atoms with Crippen LogP contribution >= 0.6 is 0 Å². The van der Waals surface area contributed by atoms with Crippen molar-refractivity contribution in [2.75, 3.05) is 32.6 Å². The molecule has 1 aromatic carbocycles. The molecule has 1 amide bonds. The number of hydrogen-bond donors (Lipinski definition) is 2. The van der Waals surface area contributed by atoms with Crippen LogP contribution in [-0.2, 0) is 14.8 Å². The summed E-state index contributed by atoms with van der Waals surface area (Å²) in [4.78, 5) is 19.9. The lowest BCUT2D eigenvalue weighted by Crippen LogP contribution is -2.26. The number of ether oxygens (including phenoxy) is 2. The summed E-state index contributed by atoms with van der Waals surface area (Å²) in [6.07, 6.45) is 4.19. The highest BCUT2D eigenvalue weighted by Crippen LogP contribution is 2.29. The van der Waals surface area contributed by atoms with E-state index in [1.54, 1.807) is 18.3 Å². The van der Waals surface area contributed by atoms with E-state index in [4.69, 9.17) is 15.2 Å². The van der Waals surface area contributed by atoms with Crippen LogP contribution in [0.2, 0.25) is 0 Å². The Balaban J connectivity index is 1.66. The molecule has 9 nitrogen and oxygen atoms in total. The molecule has 3 aromatic rings. The summed E-state index contributed by atoms with van der Waals surface area (Å²) < 4.78 is 49.3. The molecule has 0 saturated carbocycles. The summed E-state index contributed by atoms with van der Waals surface area (Å²) in [5.74, 6) is -1.20. The molecule has 11 heteroatoms. The highest BCUT2D eigenvalue weighted by atomic mass is 32.2. The summed E-state index contributed by atoms with van der Waals surface area (Å²) in [6.45, 7) is 0.576. The molecule has 0 aliphatic rings. The number of carbonyl (C=O) groups is 1. The van der Waals surface area contributed by atoms with E-state index < -0.39 is 21.7 Å². The molecule has 0 unspecified atom stereocenters. The Morgan fingerprint density at radius 1 is 1.16 bits per heavy atom. The van der Waals surface area contributed by atoms with Gasteiger partial charge in [0, 0.05) is 29.9 Å². The standard InChI is InChI=1S/C20H21FN4O5S/c1-31(27,28)24-6-7-29-8-9-30-18-5-3-13(10-16(18)21)15-12-23-11-14-2-4-17(20(22)26)25-19(14)15/h2-5,10-12,24H,6-9H2,1H3,(H2,22,26). The average Bonchev–Trinajstić information content (AvgIpc) is 2.72. The lowest BCUT2D eigenvalue weighted by atomic mass is 10.0. The lowest BCUT2D eigenvalue weighted by Gasteiger charge is -2.11. The van der Waals surface area contributed by atoms with Gasteiger partial charge in [-0.3, -0.25) is 9.78 Å². The number of rotatable bonds is 10. The number of fused-ring (bicyclic) bond motifs is 1. The van der Waals surface area contributed by atoms with Crippen LogP contribution in [0.25, 0.3) is 22.0 Å². The minimum Gasteiger partial charge on any atom is -0.488 e. The van der Waals surface area contributed by atoms with Gasteiger partial charge in [0.25, 0.3) is 5.91 Å². The predicted molar refractivity (Wildman–Crippen MR) is 113 cm³/mol. The van der Waals surface area contributed by atoms with Crippen molar-refractivity contribution in [1.29, 1.82) is 0 Å². The Morgan fingerprint density at radius 3 is 2.68 bits per heavy atom. The van der Waals surface area contributed by atoms with Crippen LogP contribution in [0.5, 0.6) is 5.75 Å². The SMILES string of the molecule is CS(=O)(=O)NCCOCCOc1ccc(-c2cncc3ccc(C(N)=O)nc23)cc1F. The molecule has 0 fully saturated rings. The van der Waals surface area contributed by atoms with E-state index in [2.05, 4.69) is 14.7 Å². The Labute approximate surface area is 178 Å². The van der Waals surface area contributed by atoms with E-state index in [-0.39, 0.29) is 37.8 Å². The number of nitrogens with two attached hydrogens (primary N) is 1. The maximum absolute atomic E-state index is 14.5. The van der Waals surface area contributed by atoms with E-state index in [1.807, 2.05) is 0 Å². The first-order valence-electron chi connectivity index (χ1n) is 9.24. The van der Waals surface area contributed by atoms with Crippen molar-refractivity contribution in [3.63, 3.8) is 0 Å². The molecule has 0 aliphatic heterocycles. The van der Waals surface area contributed by atoms with Gasteiger partial charge < -0.3 is 15.2 Å². The second kappa shape index (κ2) is 9.77. The predicted octanol–water partition coefficient (Wildman–Crippen LogP) is 1.48. The fourth-order valence-electron chi connectivity index (χ4n) is 2.79. The second-order valence-electron chi connectivity index (χ2n) is 6.59. The maximum atomic E-state index is 14.5. The fraction of sp³-hybridized carbons (Fsp3) is 0.250. The Bertz CT molecular complexity index is 1200. The number of nitrogens with one attached hydrogen (secondary N) is 1. The van der Waals surface area contributed by atoms with E-state index in [1.165, 1.54) is 24.4 Å². The Morgan fingerprint density at radius 2 is 1.97 bits per heavy atom. The average molecular weight is 448 g/mol. The van der Waals surface area contributed by atoms with Gasteiger partial charge in [-0.1, -0.05) is 6.07 Å². The smallest absolute Gasteiger partial charge is 0.267 e. The van der Waals surface area contributed by atoms with Gasteiger partial charge in [-0.2, -0.15) is 0 Å².